The molecule has 2 aromatic carbocycles. The van der Waals surface area contributed by atoms with Gasteiger partial charge in [0, 0.05) is 24.6 Å². The molecule has 1 heterocycles. The Bertz CT molecular complexity index is 685. The molecule has 1 aliphatic heterocycles. The van der Waals surface area contributed by atoms with Crippen LogP contribution < -0.4 is 14.2 Å². The fourth-order valence-corrected chi connectivity index (χ4v) is 3.42. The van der Waals surface area contributed by atoms with Crippen molar-refractivity contribution >= 4 is 0 Å². The van der Waals surface area contributed by atoms with E-state index in [9.17, 15) is 0 Å². The molecule has 0 aliphatic carbocycles. The summed E-state index contributed by atoms with van der Waals surface area (Å²) in [5.41, 5.74) is 3.73. The highest BCUT2D eigenvalue weighted by molar-refractivity contribution is 5.61. The normalized spacial score (nSPS) is 17.5. The minimum Gasteiger partial charge on any atom is -0.493 e. The summed E-state index contributed by atoms with van der Waals surface area (Å²) in [5.74, 6) is 2.44. The Morgan fingerprint density at radius 2 is 1.65 bits per heavy atom. The van der Waals surface area contributed by atoms with Crippen molar-refractivity contribution in [1.82, 2.24) is 4.90 Å². The van der Waals surface area contributed by atoms with Gasteiger partial charge in [0.05, 0.1) is 21.3 Å². The first kappa shape index (κ1) is 15.7. The van der Waals surface area contributed by atoms with E-state index in [2.05, 4.69) is 42.3 Å². The number of fused-ring (bicyclic) bond motifs is 1. The van der Waals surface area contributed by atoms with Crippen LogP contribution in [0.3, 0.4) is 0 Å². The molecule has 0 fully saturated rings. The third-order valence-corrected chi connectivity index (χ3v) is 4.47. The van der Waals surface area contributed by atoms with Gasteiger partial charge in [0.2, 0.25) is 5.75 Å². The molecule has 3 rings (SSSR count). The van der Waals surface area contributed by atoms with E-state index in [1.807, 2.05) is 6.07 Å². The molecule has 4 nitrogen and oxygen atoms in total. The Balaban J connectivity index is 2.21. The average molecular weight is 313 g/mol. The molecular weight excluding hydrogens is 290 g/mol. The topological polar surface area (TPSA) is 30.9 Å². The van der Waals surface area contributed by atoms with Crippen LogP contribution in [-0.2, 0) is 6.54 Å². The molecule has 0 N–H and O–H groups in total. The number of hydrogen-bond donors (Lipinski definition) is 0. The molecular formula is C19H23NO3. The molecule has 23 heavy (non-hydrogen) atoms. The molecule has 0 radical (unpaired) electrons. The standard InChI is InChI=1S/C19H23NO3/c1-20-11-15(13-8-6-5-7-9-13)14-10-17(21-2)19(23-4)18(22-3)16(14)12-20/h5-10,15H,11-12H2,1-4H3/t15-/m0/s1. The first-order valence-electron chi connectivity index (χ1n) is 7.74. The summed E-state index contributed by atoms with van der Waals surface area (Å²) in [5, 5.41) is 0. The molecule has 2 aromatic rings. The fraction of sp³-hybridized carbons (Fsp3) is 0.368. The molecule has 0 saturated carbocycles. The smallest absolute Gasteiger partial charge is 0.203 e. The Hall–Kier alpha value is -2.20. The predicted molar refractivity (Wildman–Crippen MR) is 90.7 cm³/mol. The van der Waals surface area contributed by atoms with Crippen molar-refractivity contribution in [2.45, 2.75) is 12.5 Å². The van der Waals surface area contributed by atoms with Crippen LogP contribution in [0.5, 0.6) is 17.2 Å². The third kappa shape index (κ3) is 2.75. The molecule has 1 atom stereocenters. The molecule has 1 aliphatic rings. The van der Waals surface area contributed by atoms with E-state index in [1.54, 1.807) is 21.3 Å². The zero-order valence-corrected chi connectivity index (χ0v) is 14.1. The van der Waals surface area contributed by atoms with Gasteiger partial charge in [0.1, 0.15) is 0 Å². The van der Waals surface area contributed by atoms with Crippen molar-refractivity contribution in [1.29, 1.82) is 0 Å². The number of rotatable bonds is 4. The number of benzene rings is 2. The molecule has 0 spiro atoms. The maximum atomic E-state index is 5.68. The number of ether oxygens (including phenoxy) is 3. The van der Waals surface area contributed by atoms with Gasteiger partial charge in [-0.3, -0.25) is 0 Å². The van der Waals surface area contributed by atoms with E-state index in [0.29, 0.717) is 17.4 Å². The van der Waals surface area contributed by atoms with Crippen molar-refractivity contribution < 1.29 is 14.2 Å². The van der Waals surface area contributed by atoms with Gasteiger partial charge < -0.3 is 19.1 Å². The quantitative estimate of drug-likeness (QED) is 0.867. The fourth-order valence-electron chi connectivity index (χ4n) is 3.42. The lowest BCUT2D eigenvalue weighted by molar-refractivity contribution is 0.275. The van der Waals surface area contributed by atoms with Crippen molar-refractivity contribution in [2.75, 3.05) is 34.9 Å². The van der Waals surface area contributed by atoms with Gasteiger partial charge in [-0.15, -0.1) is 0 Å². The predicted octanol–water partition coefficient (Wildman–Crippen LogP) is 3.29. The molecule has 0 bridgehead atoms. The average Bonchev–Trinajstić information content (AvgIpc) is 2.60. The summed E-state index contributed by atoms with van der Waals surface area (Å²) in [4.78, 5) is 2.31. The Labute approximate surface area is 137 Å². The van der Waals surface area contributed by atoms with Crippen molar-refractivity contribution in [3.05, 3.63) is 53.1 Å². The Morgan fingerprint density at radius 3 is 2.26 bits per heavy atom. The second-order valence-corrected chi connectivity index (χ2v) is 5.87. The molecule has 0 aromatic heterocycles. The second-order valence-electron chi connectivity index (χ2n) is 5.87. The van der Waals surface area contributed by atoms with Crippen LogP contribution >= 0.6 is 0 Å². The van der Waals surface area contributed by atoms with Crippen LogP contribution in [0.15, 0.2) is 36.4 Å². The van der Waals surface area contributed by atoms with Crippen molar-refractivity contribution in [3.63, 3.8) is 0 Å². The molecule has 0 unspecified atom stereocenters. The highest BCUT2D eigenvalue weighted by atomic mass is 16.5. The van der Waals surface area contributed by atoms with Crippen LogP contribution in [0.4, 0.5) is 0 Å². The van der Waals surface area contributed by atoms with Crippen LogP contribution in [0.25, 0.3) is 0 Å². The maximum Gasteiger partial charge on any atom is 0.203 e. The monoisotopic (exact) mass is 313 g/mol. The minimum absolute atomic E-state index is 0.290. The largest absolute Gasteiger partial charge is 0.493 e. The first-order chi connectivity index (χ1) is 11.2. The van der Waals surface area contributed by atoms with Gasteiger partial charge in [0.15, 0.2) is 11.5 Å². The van der Waals surface area contributed by atoms with Crippen LogP contribution in [0.2, 0.25) is 0 Å². The lowest BCUT2D eigenvalue weighted by Gasteiger charge is -2.34. The lowest BCUT2D eigenvalue weighted by atomic mass is 9.84. The summed E-state index contributed by atoms with van der Waals surface area (Å²) in [7, 11) is 7.13. The Morgan fingerprint density at radius 1 is 0.957 bits per heavy atom. The number of likely N-dealkylation sites (N-methyl/N-ethyl adjacent to an activating group) is 1. The number of nitrogens with zero attached hydrogens (tertiary/aromatic N) is 1. The van der Waals surface area contributed by atoms with E-state index in [4.69, 9.17) is 14.2 Å². The summed E-state index contributed by atoms with van der Waals surface area (Å²) < 4.78 is 16.7. The zero-order valence-electron chi connectivity index (χ0n) is 14.1. The Kier molecular flexibility index (Phi) is 4.44. The zero-order chi connectivity index (χ0) is 16.4. The molecule has 0 amide bonds. The third-order valence-electron chi connectivity index (χ3n) is 4.47. The molecule has 0 saturated heterocycles. The minimum atomic E-state index is 0.290. The number of hydrogen-bond acceptors (Lipinski definition) is 4. The molecule has 122 valence electrons. The molecule has 4 heteroatoms. The summed E-state index contributed by atoms with van der Waals surface area (Å²) in [6.07, 6.45) is 0. The highest BCUT2D eigenvalue weighted by Crippen LogP contribution is 2.47. The van der Waals surface area contributed by atoms with Gasteiger partial charge in [0.25, 0.3) is 0 Å². The van der Waals surface area contributed by atoms with Gasteiger partial charge in [-0.1, -0.05) is 30.3 Å². The van der Waals surface area contributed by atoms with E-state index in [0.717, 1.165) is 18.8 Å². The summed E-state index contributed by atoms with van der Waals surface area (Å²) in [6.45, 7) is 1.80. The second kappa shape index (κ2) is 6.50. The maximum absolute atomic E-state index is 5.68. The van der Waals surface area contributed by atoms with Crippen LogP contribution in [0, 0.1) is 0 Å². The lowest BCUT2D eigenvalue weighted by Crippen LogP contribution is -2.31. The van der Waals surface area contributed by atoms with Gasteiger partial charge >= 0.3 is 0 Å². The van der Waals surface area contributed by atoms with Gasteiger partial charge in [-0.25, -0.2) is 0 Å². The van der Waals surface area contributed by atoms with Crippen LogP contribution in [-0.4, -0.2) is 39.8 Å². The van der Waals surface area contributed by atoms with Gasteiger partial charge in [-0.2, -0.15) is 0 Å². The highest BCUT2D eigenvalue weighted by Gasteiger charge is 2.30. The van der Waals surface area contributed by atoms with Gasteiger partial charge in [-0.05, 0) is 24.2 Å². The summed E-state index contributed by atoms with van der Waals surface area (Å²) in [6, 6.07) is 12.7. The van der Waals surface area contributed by atoms with E-state index in [1.165, 1.54) is 16.7 Å². The van der Waals surface area contributed by atoms with Crippen LogP contribution in [0.1, 0.15) is 22.6 Å². The van der Waals surface area contributed by atoms with E-state index in [-0.39, 0.29) is 0 Å². The van der Waals surface area contributed by atoms with Crippen molar-refractivity contribution in [2.24, 2.45) is 0 Å². The first-order valence-corrected chi connectivity index (χ1v) is 7.74. The van der Waals surface area contributed by atoms with Crippen molar-refractivity contribution in [3.8, 4) is 17.2 Å². The number of methoxy groups -OCH3 is 3. The van der Waals surface area contributed by atoms with E-state index >= 15 is 0 Å². The SMILES string of the molecule is COc1cc2c(c(OC)c1OC)CN(C)C[C@H]2c1ccccc1. The summed E-state index contributed by atoms with van der Waals surface area (Å²) >= 11 is 0. The van der Waals surface area contributed by atoms with E-state index < -0.39 is 0 Å².